The van der Waals surface area contributed by atoms with Gasteiger partial charge in [0.1, 0.15) is 6.54 Å². The zero-order valence-electron chi connectivity index (χ0n) is 15.7. The largest absolute Gasteiger partial charge is 0.334 e. The first kappa shape index (κ1) is 18.5. The number of carbonyl (C=O) groups is 1. The molecule has 1 amide bonds. The van der Waals surface area contributed by atoms with E-state index in [0.29, 0.717) is 12.1 Å². The molecule has 2 aromatic carbocycles. The van der Waals surface area contributed by atoms with Crippen LogP contribution in [0.3, 0.4) is 0 Å². The number of nitriles is 1. The molecule has 0 unspecified atom stereocenters. The highest BCUT2D eigenvalue weighted by molar-refractivity contribution is 5.81. The van der Waals surface area contributed by atoms with Crippen LogP contribution in [-0.2, 0) is 24.9 Å². The van der Waals surface area contributed by atoms with Crippen molar-refractivity contribution in [1.29, 1.82) is 5.26 Å². The molecule has 1 heterocycles. The smallest absolute Gasteiger partial charge is 0.329 e. The molecule has 3 rings (SSSR count). The summed E-state index contributed by atoms with van der Waals surface area (Å²) in [5.74, 6) is -0.118. The number of fused-ring (bicyclic) bond motifs is 1. The van der Waals surface area contributed by atoms with Gasteiger partial charge in [-0.3, -0.25) is 13.9 Å². The van der Waals surface area contributed by atoms with Gasteiger partial charge in [0.15, 0.2) is 0 Å². The number of amides is 1. The van der Waals surface area contributed by atoms with Gasteiger partial charge in [-0.1, -0.05) is 24.3 Å². The van der Waals surface area contributed by atoms with Gasteiger partial charge in [0.05, 0.1) is 22.7 Å². The molecule has 27 heavy (non-hydrogen) atoms. The number of imidazole rings is 1. The SMILES string of the molecule is CC(C)N(Cc1ccc(C#N)cc1)C(=O)Cn1c(=O)n(C)c2ccccc21. The van der Waals surface area contributed by atoms with E-state index in [-0.39, 0.29) is 24.2 Å². The van der Waals surface area contributed by atoms with Crippen molar-refractivity contribution in [1.82, 2.24) is 14.0 Å². The van der Waals surface area contributed by atoms with Gasteiger partial charge in [0.25, 0.3) is 0 Å². The number of benzene rings is 2. The number of nitrogens with zero attached hydrogens (tertiary/aromatic N) is 4. The maximum Gasteiger partial charge on any atom is 0.329 e. The van der Waals surface area contributed by atoms with Crippen molar-refractivity contribution >= 4 is 16.9 Å². The summed E-state index contributed by atoms with van der Waals surface area (Å²) in [6.45, 7) is 4.33. The Labute approximate surface area is 157 Å². The highest BCUT2D eigenvalue weighted by atomic mass is 16.2. The second-order valence-corrected chi connectivity index (χ2v) is 6.84. The van der Waals surface area contributed by atoms with Crippen LogP contribution in [0.5, 0.6) is 0 Å². The minimum Gasteiger partial charge on any atom is -0.334 e. The molecule has 0 aliphatic rings. The minimum atomic E-state index is -0.202. The van der Waals surface area contributed by atoms with E-state index in [4.69, 9.17) is 5.26 Å². The Kier molecular flexibility index (Phi) is 5.13. The summed E-state index contributed by atoms with van der Waals surface area (Å²) < 4.78 is 3.08. The van der Waals surface area contributed by atoms with Crippen molar-refractivity contribution in [2.45, 2.75) is 33.0 Å². The molecule has 138 valence electrons. The summed E-state index contributed by atoms with van der Waals surface area (Å²) in [4.78, 5) is 27.3. The van der Waals surface area contributed by atoms with E-state index in [1.54, 1.807) is 28.6 Å². The van der Waals surface area contributed by atoms with Crippen LogP contribution < -0.4 is 5.69 Å². The Morgan fingerprint density at radius 2 is 1.74 bits per heavy atom. The van der Waals surface area contributed by atoms with E-state index < -0.39 is 0 Å². The Morgan fingerprint density at radius 3 is 2.33 bits per heavy atom. The zero-order valence-corrected chi connectivity index (χ0v) is 15.7. The quantitative estimate of drug-likeness (QED) is 0.700. The van der Waals surface area contributed by atoms with Crippen LogP contribution in [0.2, 0.25) is 0 Å². The first-order valence-electron chi connectivity index (χ1n) is 8.85. The first-order chi connectivity index (χ1) is 12.9. The van der Waals surface area contributed by atoms with Crippen LogP contribution in [0.25, 0.3) is 11.0 Å². The summed E-state index contributed by atoms with van der Waals surface area (Å²) in [6.07, 6.45) is 0. The first-order valence-corrected chi connectivity index (χ1v) is 8.85. The van der Waals surface area contributed by atoms with Crippen LogP contribution in [0.15, 0.2) is 53.3 Å². The molecule has 0 aliphatic heterocycles. The third-order valence-corrected chi connectivity index (χ3v) is 4.72. The van der Waals surface area contributed by atoms with Crippen molar-refractivity contribution in [2.24, 2.45) is 7.05 Å². The highest BCUT2D eigenvalue weighted by Crippen LogP contribution is 2.14. The zero-order chi connectivity index (χ0) is 19.6. The molecule has 0 N–H and O–H groups in total. The molecule has 1 aromatic heterocycles. The fraction of sp³-hybridized carbons (Fsp3) is 0.286. The molecule has 0 aliphatic carbocycles. The average molecular weight is 362 g/mol. The fourth-order valence-electron chi connectivity index (χ4n) is 3.18. The maximum absolute atomic E-state index is 13.0. The van der Waals surface area contributed by atoms with E-state index in [1.165, 1.54) is 4.57 Å². The van der Waals surface area contributed by atoms with E-state index in [1.807, 2.05) is 50.2 Å². The van der Waals surface area contributed by atoms with Gasteiger partial charge in [-0.05, 0) is 43.7 Å². The lowest BCUT2D eigenvalue weighted by molar-refractivity contribution is -0.134. The Hall–Kier alpha value is -3.33. The van der Waals surface area contributed by atoms with Gasteiger partial charge in [-0.15, -0.1) is 0 Å². The standard InChI is InChI=1S/C21H22N4O2/c1-15(2)24(13-17-10-8-16(12-22)9-11-17)20(26)14-25-19-7-5-4-6-18(19)23(3)21(25)27/h4-11,15H,13-14H2,1-3H3. The molecule has 3 aromatic rings. The summed E-state index contributed by atoms with van der Waals surface area (Å²) in [6, 6.07) is 16.7. The molecule has 0 spiro atoms. The monoisotopic (exact) mass is 362 g/mol. The van der Waals surface area contributed by atoms with Crippen LogP contribution >= 0.6 is 0 Å². The molecule has 0 saturated heterocycles. The van der Waals surface area contributed by atoms with Crippen molar-refractivity contribution in [3.05, 3.63) is 70.1 Å². The number of para-hydroxylation sites is 2. The van der Waals surface area contributed by atoms with E-state index in [2.05, 4.69) is 6.07 Å². The van der Waals surface area contributed by atoms with Crippen molar-refractivity contribution < 1.29 is 4.79 Å². The van der Waals surface area contributed by atoms with Gasteiger partial charge in [-0.2, -0.15) is 5.26 Å². The number of carbonyl (C=O) groups excluding carboxylic acids is 1. The minimum absolute atomic E-state index is 0.00531. The van der Waals surface area contributed by atoms with Gasteiger partial charge < -0.3 is 4.90 Å². The number of aromatic nitrogens is 2. The summed E-state index contributed by atoms with van der Waals surface area (Å²) in [7, 11) is 1.71. The lowest BCUT2D eigenvalue weighted by atomic mass is 10.1. The molecule has 0 radical (unpaired) electrons. The third-order valence-electron chi connectivity index (χ3n) is 4.72. The average Bonchev–Trinajstić information content (AvgIpc) is 2.91. The second-order valence-electron chi connectivity index (χ2n) is 6.84. The number of hydrogen-bond acceptors (Lipinski definition) is 3. The van der Waals surface area contributed by atoms with E-state index in [0.717, 1.165) is 16.6 Å². The number of aryl methyl sites for hydroxylation is 1. The molecule has 0 atom stereocenters. The molecule has 6 heteroatoms. The van der Waals surface area contributed by atoms with Crippen molar-refractivity contribution in [3.63, 3.8) is 0 Å². The van der Waals surface area contributed by atoms with Crippen molar-refractivity contribution in [3.8, 4) is 6.07 Å². The summed E-state index contributed by atoms with van der Waals surface area (Å²) in [5.41, 5.74) is 2.88. The summed E-state index contributed by atoms with van der Waals surface area (Å²) >= 11 is 0. The highest BCUT2D eigenvalue weighted by Gasteiger charge is 2.20. The lowest BCUT2D eigenvalue weighted by Gasteiger charge is -2.27. The van der Waals surface area contributed by atoms with E-state index in [9.17, 15) is 9.59 Å². The Morgan fingerprint density at radius 1 is 1.11 bits per heavy atom. The Balaban J connectivity index is 1.87. The van der Waals surface area contributed by atoms with Gasteiger partial charge in [0, 0.05) is 19.6 Å². The molecular formula is C21H22N4O2. The van der Waals surface area contributed by atoms with Crippen molar-refractivity contribution in [2.75, 3.05) is 0 Å². The molecule has 0 saturated carbocycles. The molecular weight excluding hydrogens is 340 g/mol. The van der Waals surface area contributed by atoms with Gasteiger partial charge in [-0.25, -0.2) is 4.79 Å². The normalized spacial score (nSPS) is 10.9. The molecule has 6 nitrogen and oxygen atoms in total. The van der Waals surface area contributed by atoms with Crippen LogP contribution in [0.1, 0.15) is 25.0 Å². The molecule has 0 bridgehead atoms. The predicted molar refractivity (Wildman–Crippen MR) is 104 cm³/mol. The molecule has 0 fully saturated rings. The van der Waals surface area contributed by atoms with E-state index >= 15 is 0 Å². The third kappa shape index (κ3) is 3.63. The number of hydrogen-bond donors (Lipinski definition) is 0. The lowest BCUT2D eigenvalue weighted by Crippen LogP contribution is -2.40. The van der Waals surface area contributed by atoms with Gasteiger partial charge in [0.2, 0.25) is 5.91 Å². The van der Waals surface area contributed by atoms with Crippen LogP contribution in [-0.4, -0.2) is 26.0 Å². The van der Waals surface area contributed by atoms with Crippen LogP contribution in [0, 0.1) is 11.3 Å². The second kappa shape index (κ2) is 7.50. The van der Waals surface area contributed by atoms with Gasteiger partial charge >= 0.3 is 5.69 Å². The topological polar surface area (TPSA) is 71.0 Å². The fourth-order valence-corrected chi connectivity index (χ4v) is 3.18. The summed E-state index contributed by atoms with van der Waals surface area (Å²) in [5, 5.41) is 8.92. The Bertz CT molecular complexity index is 1070. The predicted octanol–water partition coefficient (Wildman–Crippen LogP) is 2.65. The maximum atomic E-state index is 13.0. The van der Waals surface area contributed by atoms with Crippen LogP contribution in [0.4, 0.5) is 0 Å². The number of rotatable bonds is 5.